The molecule has 2 bridgehead atoms. The van der Waals surface area contributed by atoms with Gasteiger partial charge in [-0.05, 0) is 30.2 Å². The van der Waals surface area contributed by atoms with E-state index in [0.29, 0.717) is 22.9 Å². The predicted molar refractivity (Wildman–Crippen MR) is 106 cm³/mol. The van der Waals surface area contributed by atoms with E-state index in [1.807, 2.05) is 0 Å². The van der Waals surface area contributed by atoms with E-state index in [2.05, 4.69) is 10.2 Å². The molecule has 34 heavy (non-hydrogen) atoms. The van der Waals surface area contributed by atoms with Crippen LogP contribution >= 0.6 is 0 Å². The van der Waals surface area contributed by atoms with Crippen molar-refractivity contribution in [2.24, 2.45) is 5.73 Å². The van der Waals surface area contributed by atoms with E-state index in [9.17, 15) is 31.9 Å². The van der Waals surface area contributed by atoms with Crippen molar-refractivity contribution in [3.05, 3.63) is 41.5 Å². The number of amides is 3. The van der Waals surface area contributed by atoms with Gasteiger partial charge in [0.1, 0.15) is 6.04 Å². The maximum absolute atomic E-state index is 13.4. The number of hydrogen-bond acceptors (Lipinski definition) is 6. The maximum Gasteiger partial charge on any atom is 0.490 e. The number of carbonyl (C=O) groups is 4. The number of benzene rings is 1. The van der Waals surface area contributed by atoms with Crippen LogP contribution in [0.25, 0.3) is 0 Å². The van der Waals surface area contributed by atoms with Gasteiger partial charge in [-0.15, -0.1) is 0 Å². The van der Waals surface area contributed by atoms with Gasteiger partial charge in [0.05, 0.1) is 12.6 Å². The molecule has 11 nitrogen and oxygen atoms in total. The Morgan fingerprint density at radius 2 is 1.79 bits per heavy atom. The molecule has 15 heteroatoms. The highest BCUT2D eigenvalue weighted by Crippen LogP contribution is 2.30. The Hall–Kier alpha value is -3.72. The average Bonchev–Trinajstić information content (AvgIpc) is 2.99. The fraction of sp³-hybridized carbons (Fsp3) is 0.368. The van der Waals surface area contributed by atoms with Crippen LogP contribution in [0.2, 0.25) is 0 Å². The number of aliphatic carboxylic acids is 2. The molecule has 1 aromatic rings. The molecule has 186 valence electrons. The SMILES string of the molecule is CC1=C[C@@H]2CN(C(=O)N2O[C@H](F)C(=O)O)[C@@H]1C(=O)Nc1ccc(CN)cc1.O=C(O)C(F)(F)F. The second kappa shape index (κ2) is 10.5. The molecular weight excluding hydrogens is 472 g/mol. The number of nitrogens with zero attached hydrogens (tertiary/aromatic N) is 2. The van der Waals surface area contributed by atoms with Crippen LogP contribution in [0.15, 0.2) is 35.9 Å². The molecule has 5 N–H and O–H groups in total. The molecule has 3 rings (SSSR count). The number of anilines is 1. The summed E-state index contributed by atoms with van der Waals surface area (Å²) in [6.45, 7) is 2.14. The lowest BCUT2D eigenvalue weighted by Crippen LogP contribution is -2.47. The number of nitrogens with one attached hydrogen (secondary N) is 1. The summed E-state index contributed by atoms with van der Waals surface area (Å²) in [6, 6.07) is 4.62. The van der Waals surface area contributed by atoms with Crippen molar-refractivity contribution in [1.29, 1.82) is 0 Å². The van der Waals surface area contributed by atoms with Crippen LogP contribution in [0.3, 0.4) is 0 Å². The Bertz CT molecular complexity index is 984. The van der Waals surface area contributed by atoms with Crippen LogP contribution in [0.5, 0.6) is 0 Å². The largest absolute Gasteiger partial charge is 0.490 e. The zero-order valence-electron chi connectivity index (χ0n) is 17.5. The van der Waals surface area contributed by atoms with Gasteiger partial charge >= 0.3 is 30.5 Å². The number of alkyl halides is 4. The van der Waals surface area contributed by atoms with Gasteiger partial charge in [-0.25, -0.2) is 23.6 Å². The van der Waals surface area contributed by atoms with Crippen LogP contribution in [0, 0.1) is 0 Å². The quantitative estimate of drug-likeness (QED) is 0.343. The Labute approximate surface area is 189 Å². The number of hydrogen-bond donors (Lipinski definition) is 4. The molecule has 3 atom stereocenters. The lowest BCUT2D eigenvalue weighted by atomic mass is 10.00. The van der Waals surface area contributed by atoms with Crippen LogP contribution in [-0.4, -0.2) is 75.2 Å². The molecule has 0 saturated carbocycles. The molecule has 0 aliphatic carbocycles. The molecule has 0 aromatic heterocycles. The Morgan fingerprint density at radius 3 is 2.26 bits per heavy atom. The van der Waals surface area contributed by atoms with E-state index >= 15 is 0 Å². The smallest absolute Gasteiger partial charge is 0.477 e. The molecule has 1 fully saturated rings. The summed E-state index contributed by atoms with van der Waals surface area (Å²) >= 11 is 0. The van der Waals surface area contributed by atoms with Crippen LogP contribution in [-0.2, 0) is 25.8 Å². The van der Waals surface area contributed by atoms with Gasteiger partial charge in [-0.3, -0.25) is 4.79 Å². The Kier molecular flexibility index (Phi) is 8.17. The Morgan fingerprint density at radius 1 is 1.24 bits per heavy atom. The van der Waals surface area contributed by atoms with Gasteiger partial charge in [0.25, 0.3) is 5.91 Å². The number of urea groups is 1. The van der Waals surface area contributed by atoms with Crippen molar-refractivity contribution >= 4 is 29.6 Å². The van der Waals surface area contributed by atoms with Gasteiger partial charge in [0.2, 0.25) is 0 Å². The molecular formula is C19H20F4N4O7. The fourth-order valence-electron chi connectivity index (χ4n) is 3.15. The topological polar surface area (TPSA) is 162 Å². The standard InChI is InChI=1S/C17H19FN4O5.C2HF3O2/c1-9-6-12-8-21(17(26)22(12)27-14(18)16(24)25)13(9)15(23)20-11-4-2-10(7-19)3-5-11;3-2(4,5)1(6)7/h2-6,12-14H,7-8,19H2,1H3,(H,20,23)(H,24,25);(H,6,7)/t12-,13+,14+;/m1./s1. The molecule has 0 spiro atoms. The maximum atomic E-state index is 13.4. The number of carboxylic acids is 2. The van der Waals surface area contributed by atoms with E-state index in [-0.39, 0.29) is 6.54 Å². The number of carboxylic acid groups (broad SMARTS) is 2. The van der Waals surface area contributed by atoms with Crippen molar-refractivity contribution in [2.45, 2.75) is 38.1 Å². The van der Waals surface area contributed by atoms with Crippen LogP contribution in [0.4, 0.5) is 28.0 Å². The summed E-state index contributed by atoms with van der Waals surface area (Å²) in [5, 5.41) is 19.1. The summed E-state index contributed by atoms with van der Waals surface area (Å²) < 4.78 is 45.1. The zero-order valence-corrected chi connectivity index (χ0v) is 17.5. The monoisotopic (exact) mass is 492 g/mol. The van der Waals surface area contributed by atoms with Crippen LogP contribution in [0.1, 0.15) is 12.5 Å². The lowest BCUT2D eigenvalue weighted by Gasteiger charge is -2.29. The summed E-state index contributed by atoms with van der Waals surface area (Å²) in [5.41, 5.74) is 7.57. The molecule has 1 saturated heterocycles. The van der Waals surface area contributed by atoms with Gasteiger partial charge in [-0.2, -0.15) is 18.2 Å². The van der Waals surface area contributed by atoms with Crippen molar-refractivity contribution in [2.75, 3.05) is 11.9 Å². The highest BCUT2D eigenvalue weighted by atomic mass is 19.4. The highest BCUT2D eigenvalue weighted by molar-refractivity contribution is 6.00. The number of rotatable bonds is 6. The first-order valence-electron chi connectivity index (χ1n) is 9.48. The lowest BCUT2D eigenvalue weighted by molar-refractivity contribution is -0.219. The van der Waals surface area contributed by atoms with E-state index in [1.54, 1.807) is 37.3 Å². The first-order valence-corrected chi connectivity index (χ1v) is 9.48. The number of hydroxylamine groups is 2. The minimum Gasteiger partial charge on any atom is -0.477 e. The highest BCUT2D eigenvalue weighted by Gasteiger charge is 2.48. The second-order valence-corrected chi connectivity index (χ2v) is 7.09. The molecule has 3 amide bonds. The molecule has 0 unspecified atom stereocenters. The fourth-order valence-corrected chi connectivity index (χ4v) is 3.15. The third-order valence-corrected chi connectivity index (χ3v) is 4.67. The summed E-state index contributed by atoms with van der Waals surface area (Å²) in [5.74, 6) is -5.03. The number of halogens is 4. The van der Waals surface area contributed by atoms with Crippen LogP contribution < -0.4 is 11.1 Å². The summed E-state index contributed by atoms with van der Waals surface area (Å²) in [7, 11) is 0. The van der Waals surface area contributed by atoms with E-state index in [1.165, 1.54) is 4.90 Å². The minimum atomic E-state index is -5.08. The van der Waals surface area contributed by atoms with Gasteiger partial charge in [0.15, 0.2) is 0 Å². The van der Waals surface area contributed by atoms with Crippen molar-refractivity contribution < 1.29 is 51.8 Å². The average molecular weight is 492 g/mol. The summed E-state index contributed by atoms with van der Waals surface area (Å²) in [4.78, 5) is 50.5. The van der Waals surface area contributed by atoms with Crippen molar-refractivity contribution in [1.82, 2.24) is 9.96 Å². The molecule has 2 aliphatic rings. The molecule has 2 aliphatic heterocycles. The zero-order chi connectivity index (χ0) is 25.8. The first kappa shape index (κ1) is 26.5. The molecule has 1 aromatic carbocycles. The number of fused-ring (bicyclic) bond motifs is 2. The van der Waals surface area contributed by atoms with Crippen molar-refractivity contribution in [3.63, 3.8) is 0 Å². The van der Waals surface area contributed by atoms with Gasteiger partial charge in [0, 0.05) is 12.2 Å². The molecule has 0 radical (unpaired) electrons. The van der Waals surface area contributed by atoms with Gasteiger partial charge in [-0.1, -0.05) is 18.2 Å². The predicted octanol–water partition coefficient (Wildman–Crippen LogP) is 1.46. The third kappa shape index (κ3) is 6.20. The number of nitrogens with two attached hydrogens (primary N) is 1. The van der Waals surface area contributed by atoms with E-state index < -0.39 is 48.5 Å². The third-order valence-electron chi connectivity index (χ3n) is 4.67. The molecule has 2 heterocycles. The number of carbonyl (C=O) groups excluding carboxylic acids is 2. The van der Waals surface area contributed by atoms with Crippen molar-refractivity contribution in [3.8, 4) is 0 Å². The Balaban J connectivity index is 0.000000509. The summed E-state index contributed by atoms with van der Waals surface area (Å²) in [6.07, 6.45) is -6.16. The second-order valence-electron chi connectivity index (χ2n) is 7.09. The van der Waals surface area contributed by atoms with Gasteiger partial charge < -0.3 is 26.2 Å². The van der Waals surface area contributed by atoms with E-state index in [0.717, 1.165) is 5.56 Å². The minimum absolute atomic E-state index is 0.0900. The first-order chi connectivity index (χ1) is 15.8. The normalized spacial score (nSPS) is 20.2. The van der Waals surface area contributed by atoms with E-state index in [4.69, 9.17) is 20.7 Å².